The molecule has 1 aliphatic heterocycles. The number of carbonyl (C=O) groups is 1. The quantitative estimate of drug-likeness (QED) is 0.560. The van der Waals surface area contributed by atoms with E-state index >= 15 is 0 Å². The van der Waals surface area contributed by atoms with Gasteiger partial charge in [0.05, 0.1) is 28.1 Å². The second-order valence-electron chi connectivity index (χ2n) is 6.79. The summed E-state index contributed by atoms with van der Waals surface area (Å²) in [5.74, 6) is 0.701. The van der Waals surface area contributed by atoms with Gasteiger partial charge in [-0.3, -0.25) is 4.79 Å². The average Bonchev–Trinajstić information content (AvgIpc) is 2.74. The van der Waals surface area contributed by atoms with Gasteiger partial charge in [0.25, 0.3) is 0 Å². The Hall–Kier alpha value is -2.92. The van der Waals surface area contributed by atoms with Crippen molar-refractivity contribution in [1.82, 2.24) is 0 Å². The summed E-state index contributed by atoms with van der Waals surface area (Å²) in [4.78, 5) is 13.8. The third-order valence-electron chi connectivity index (χ3n) is 5.00. The highest BCUT2D eigenvalue weighted by atomic mass is 32.2. The van der Waals surface area contributed by atoms with Crippen LogP contribution >= 0.6 is 0 Å². The van der Waals surface area contributed by atoms with Crippen molar-refractivity contribution in [3.63, 3.8) is 0 Å². The topological polar surface area (TPSA) is 55.7 Å². The number of hydrogen-bond acceptors (Lipinski definition) is 4. The van der Waals surface area contributed by atoms with Gasteiger partial charge in [-0.15, -0.1) is 0 Å². The fraction of sp³-hybridized carbons (Fsp3) is 0.174. The lowest BCUT2D eigenvalue weighted by atomic mass is 9.91. The molecule has 3 aromatic rings. The maximum Gasteiger partial charge on any atom is 0.167 e. The third-order valence-corrected chi connectivity index (χ3v) is 7.35. The number of fused-ring (bicyclic) bond motifs is 1. The molecule has 0 unspecified atom stereocenters. The second kappa shape index (κ2) is 7.60. The van der Waals surface area contributed by atoms with E-state index in [0.29, 0.717) is 27.6 Å². The number of methoxy groups -OCH3 is 1. The number of ketones is 1. The predicted octanol–water partition coefficient (Wildman–Crippen LogP) is 5.22. The third kappa shape index (κ3) is 3.45. The van der Waals surface area contributed by atoms with Gasteiger partial charge >= 0.3 is 0 Å². The number of rotatable bonds is 5. The van der Waals surface area contributed by atoms with Crippen LogP contribution < -0.4 is 4.74 Å². The van der Waals surface area contributed by atoms with Gasteiger partial charge in [-0.2, -0.15) is 4.36 Å². The summed E-state index contributed by atoms with van der Waals surface area (Å²) in [5, 5.41) is 0. The van der Waals surface area contributed by atoms with E-state index in [9.17, 15) is 9.00 Å². The fourth-order valence-corrected chi connectivity index (χ4v) is 5.92. The van der Waals surface area contributed by atoms with Gasteiger partial charge < -0.3 is 4.74 Å². The minimum Gasteiger partial charge on any atom is -0.496 e. The first-order chi connectivity index (χ1) is 13.6. The number of Topliss-reactive ketones (excluding diaryl/α,β-unsaturated/α-hetero) is 1. The van der Waals surface area contributed by atoms with Crippen LogP contribution in [0.25, 0.3) is 0 Å². The summed E-state index contributed by atoms with van der Waals surface area (Å²) in [6.07, 6.45) is 0.261. The average molecular weight is 391 g/mol. The van der Waals surface area contributed by atoms with Gasteiger partial charge in [0.15, 0.2) is 5.78 Å². The van der Waals surface area contributed by atoms with E-state index in [1.807, 2.05) is 66.7 Å². The molecule has 0 aliphatic carbocycles. The summed E-state index contributed by atoms with van der Waals surface area (Å²) in [7, 11) is -1.07. The molecule has 28 heavy (non-hydrogen) atoms. The van der Waals surface area contributed by atoms with Crippen molar-refractivity contribution in [3.8, 4) is 5.75 Å². The number of nitrogens with zero attached hydrogens (tertiary/aromatic N) is 1. The van der Waals surface area contributed by atoms with Crippen LogP contribution in [-0.2, 0) is 9.73 Å². The molecule has 0 spiro atoms. The second-order valence-corrected chi connectivity index (χ2v) is 9.06. The van der Waals surface area contributed by atoms with Crippen LogP contribution in [0.4, 0.5) is 5.69 Å². The Morgan fingerprint density at radius 2 is 1.68 bits per heavy atom. The lowest BCUT2D eigenvalue weighted by Gasteiger charge is -2.26. The van der Waals surface area contributed by atoms with Crippen LogP contribution in [0.1, 0.15) is 28.3 Å². The molecule has 0 radical (unpaired) electrons. The van der Waals surface area contributed by atoms with E-state index in [1.165, 1.54) is 0 Å². The van der Waals surface area contributed by atoms with E-state index in [0.717, 1.165) is 5.56 Å². The largest absolute Gasteiger partial charge is 0.496 e. The van der Waals surface area contributed by atoms with Crippen molar-refractivity contribution in [1.29, 1.82) is 0 Å². The molecule has 4 nitrogen and oxygen atoms in total. The van der Waals surface area contributed by atoms with Crippen LogP contribution in [0.15, 0.2) is 88.1 Å². The maximum absolute atomic E-state index is 13.7. The first kappa shape index (κ1) is 18.4. The number of hydrogen-bond donors (Lipinski definition) is 0. The highest BCUT2D eigenvalue weighted by Gasteiger charge is 2.30. The summed E-state index contributed by atoms with van der Waals surface area (Å²) in [6.45, 7) is 0. The highest BCUT2D eigenvalue weighted by molar-refractivity contribution is 7.93. The smallest absolute Gasteiger partial charge is 0.167 e. The standard InChI is InChI=1S/C23H21NO3S/c1-27-23-14-8-6-12-20(23)22(25)15-17-16-28(26,18-9-3-2-4-10-18)24-21-13-7-5-11-19(17)21/h2-14,17H,15-16H2,1H3/t17-,28+/m1/s1. The highest BCUT2D eigenvalue weighted by Crippen LogP contribution is 2.39. The molecule has 1 aliphatic rings. The first-order valence-electron chi connectivity index (χ1n) is 9.16. The predicted molar refractivity (Wildman–Crippen MR) is 111 cm³/mol. The Kier molecular flexibility index (Phi) is 5.01. The minimum absolute atomic E-state index is 0.0195. The number of benzene rings is 3. The van der Waals surface area contributed by atoms with Crippen LogP contribution in [-0.4, -0.2) is 22.9 Å². The van der Waals surface area contributed by atoms with Gasteiger partial charge in [-0.25, -0.2) is 4.21 Å². The molecule has 0 aromatic heterocycles. The summed E-state index contributed by atoms with van der Waals surface area (Å²) >= 11 is 0. The number of ether oxygens (including phenoxy) is 1. The van der Waals surface area contributed by atoms with E-state index in [4.69, 9.17) is 4.74 Å². The zero-order valence-corrected chi connectivity index (χ0v) is 16.4. The Labute approximate surface area is 165 Å². The van der Waals surface area contributed by atoms with E-state index in [1.54, 1.807) is 19.2 Å². The summed E-state index contributed by atoms with van der Waals surface area (Å²) in [6, 6.07) is 24.2. The van der Waals surface area contributed by atoms with Crippen LogP contribution in [0.2, 0.25) is 0 Å². The SMILES string of the molecule is COc1ccccc1C(=O)C[C@@H]1C[S@](=O)(c2ccccc2)=Nc2ccccc21. The van der Waals surface area contributed by atoms with Gasteiger partial charge in [-0.05, 0) is 35.9 Å². The molecule has 3 aromatic carbocycles. The molecule has 0 saturated carbocycles. The molecule has 142 valence electrons. The van der Waals surface area contributed by atoms with Crippen LogP contribution in [0, 0.1) is 0 Å². The molecule has 0 fully saturated rings. The van der Waals surface area contributed by atoms with Gasteiger partial charge in [0.2, 0.25) is 0 Å². The molecule has 5 heteroatoms. The van der Waals surface area contributed by atoms with Crippen LogP contribution in [0.3, 0.4) is 0 Å². The summed E-state index contributed by atoms with van der Waals surface area (Å²) < 4.78 is 23.7. The first-order valence-corrected chi connectivity index (χ1v) is 10.8. The van der Waals surface area contributed by atoms with Gasteiger partial charge in [0.1, 0.15) is 5.75 Å². The Morgan fingerprint density at radius 3 is 2.46 bits per heavy atom. The summed E-state index contributed by atoms with van der Waals surface area (Å²) in [5.41, 5.74) is 2.23. The van der Waals surface area contributed by atoms with Crippen molar-refractivity contribution >= 4 is 21.2 Å². The monoisotopic (exact) mass is 391 g/mol. The van der Waals surface area contributed by atoms with E-state index in [-0.39, 0.29) is 18.1 Å². The zero-order chi connectivity index (χ0) is 19.6. The van der Waals surface area contributed by atoms with Crippen molar-refractivity contribution in [2.24, 2.45) is 4.36 Å². The lowest BCUT2D eigenvalue weighted by molar-refractivity contribution is 0.0973. The number of carbonyl (C=O) groups excluding carboxylic acids is 1. The maximum atomic E-state index is 13.7. The normalized spacial score (nSPS) is 20.7. The van der Waals surface area contributed by atoms with Gasteiger partial charge in [0, 0.05) is 23.0 Å². The molecule has 0 amide bonds. The molecule has 0 bridgehead atoms. The Morgan fingerprint density at radius 1 is 1.00 bits per heavy atom. The Bertz CT molecular complexity index is 1130. The van der Waals surface area contributed by atoms with E-state index < -0.39 is 9.73 Å². The molecule has 4 rings (SSSR count). The molecule has 2 atom stereocenters. The molecule has 1 heterocycles. The van der Waals surface area contributed by atoms with Crippen LogP contribution in [0.5, 0.6) is 5.75 Å². The van der Waals surface area contributed by atoms with Crippen molar-refractivity contribution < 1.29 is 13.7 Å². The van der Waals surface area contributed by atoms with E-state index in [2.05, 4.69) is 4.36 Å². The zero-order valence-electron chi connectivity index (χ0n) is 15.6. The van der Waals surface area contributed by atoms with Gasteiger partial charge in [-0.1, -0.05) is 48.5 Å². The van der Waals surface area contributed by atoms with Crippen molar-refractivity contribution in [2.75, 3.05) is 12.9 Å². The molecule has 0 N–H and O–H groups in total. The Balaban J connectivity index is 1.73. The molecular weight excluding hydrogens is 370 g/mol. The van der Waals surface area contributed by atoms with Crippen molar-refractivity contribution in [3.05, 3.63) is 90.0 Å². The van der Waals surface area contributed by atoms with Crippen molar-refractivity contribution in [2.45, 2.75) is 17.2 Å². The molecule has 0 saturated heterocycles. The lowest BCUT2D eigenvalue weighted by Crippen LogP contribution is -2.21. The minimum atomic E-state index is -2.63. The fourth-order valence-electron chi connectivity index (χ4n) is 3.63. The number of para-hydroxylation sites is 1. The molecular formula is C23H21NO3S.